The van der Waals surface area contributed by atoms with Gasteiger partial charge in [0.2, 0.25) is 0 Å². The predicted molar refractivity (Wildman–Crippen MR) is 131 cm³/mol. The van der Waals surface area contributed by atoms with Gasteiger partial charge in [-0.25, -0.2) is 0 Å². The van der Waals surface area contributed by atoms with Crippen LogP contribution < -0.4 is 10.1 Å². The van der Waals surface area contributed by atoms with Crippen LogP contribution in [0.2, 0.25) is 0 Å². The van der Waals surface area contributed by atoms with Crippen LogP contribution in [0.3, 0.4) is 0 Å². The van der Waals surface area contributed by atoms with E-state index in [1.807, 2.05) is 12.3 Å². The summed E-state index contributed by atoms with van der Waals surface area (Å²) in [4.78, 5) is 7.16. The van der Waals surface area contributed by atoms with Crippen molar-refractivity contribution in [3.8, 4) is 5.75 Å². The summed E-state index contributed by atoms with van der Waals surface area (Å²) in [5.74, 6) is 0.878. The highest BCUT2D eigenvalue weighted by Gasteiger charge is 2.14. The minimum absolute atomic E-state index is 0. The SMILES string of the molecule is CCN(C(C)C)C(C)CCCCCNc1cc(OC)cc2c(C)ccnc12.Cl.Cl. The van der Waals surface area contributed by atoms with Gasteiger partial charge in [0.1, 0.15) is 5.75 Å². The number of nitrogens with one attached hydrogen (secondary N) is 1. The second-order valence-corrected chi connectivity index (χ2v) is 7.75. The summed E-state index contributed by atoms with van der Waals surface area (Å²) in [5, 5.41) is 4.73. The molecule has 0 aliphatic heterocycles. The molecule has 1 aromatic carbocycles. The summed E-state index contributed by atoms with van der Waals surface area (Å²) in [5.41, 5.74) is 3.32. The van der Waals surface area contributed by atoms with E-state index < -0.39 is 0 Å². The molecular formula is C23H39Cl2N3O. The molecule has 0 aliphatic rings. The maximum absolute atomic E-state index is 5.47. The van der Waals surface area contributed by atoms with Crippen LogP contribution >= 0.6 is 24.8 Å². The molecule has 1 atom stereocenters. The molecular weight excluding hydrogens is 405 g/mol. The van der Waals surface area contributed by atoms with Crippen LogP contribution in [-0.2, 0) is 0 Å². The van der Waals surface area contributed by atoms with E-state index in [2.05, 4.69) is 62.0 Å². The average Bonchev–Trinajstić information content (AvgIpc) is 2.65. The summed E-state index contributed by atoms with van der Waals surface area (Å²) in [7, 11) is 1.72. The molecule has 0 spiro atoms. The Morgan fingerprint density at radius 3 is 2.45 bits per heavy atom. The first-order valence-electron chi connectivity index (χ1n) is 10.4. The Bertz CT molecular complexity index is 725. The topological polar surface area (TPSA) is 37.4 Å². The van der Waals surface area contributed by atoms with Crippen LogP contribution in [0.4, 0.5) is 5.69 Å². The van der Waals surface area contributed by atoms with Gasteiger partial charge in [-0.1, -0.05) is 19.8 Å². The van der Waals surface area contributed by atoms with Gasteiger partial charge in [0, 0.05) is 36.3 Å². The number of benzene rings is 1. The van der Waals surface area contributed by atoms with Crippen LogP contribution in [0.1, 0.15) is 58.9 Å². The van der Waals surface area contributed by atoms with Gasteiger partial charge in [0.05, 0.1) is 18.3 Å². The zero-order valence-electron chi connectivity index (χ0n) is 18.8. The molecule has 0 amide bonds. The van der Waals surface area contributed by atoms with Crippen molar-refractivity contribution in [1.82, 2.24) is 9.88 Å². The van der Waals surface area contributed by atoms with Gasteiger partial charge in [-0.3, -0.25) is 9.88 Å². The number of methoxy groups -OCH3 is 1. The summed E-state index contributed by atoms with van der Waals surface area (Å²) in [6.07, 6.45) is 6.86. The average molecular weight is 444 g/mol. The van der Waals surface area contributed by atoms with Crippen LogP contribution in [0.5, 0.6) is 5.75 Å². The summed E-state index contributed by atoms with van der Waals surface area (Å²) in [6, 6.07) is 7.46. The van der Waals surface area contributed by atoms with Gasteiger partial charge in [-0.15, -0.1) is 24.8 Å². The minimum Gasteiger partial charge on any atom is -0.497 e. The number of hydrogen-bond donors (Lipinski definition) is 1. The Hall–Kier alpha value is -1.23. The predicted octanol–water partition coefficient (Wildman–Crippen LogP) is 6.49. The molecule has 2 aromatic rings. The number of hydrogen-bond acceptors (Lipinski definition) is 4. The van der Waals surface area contributed by atoms with Gasteiger partial charge in [-0.05, 0) is 64.8 Å². The number of aryl methyl sites for hydroxylation is 1. The van der Waals surface area contributed by atoms with E-state index in [0.717, 1.165) is 35.4 Å². The number of unbranched alkanes of at least 4 members (excludes halogenated alkanes) is 2. The van der Waals surface area contributed by atoms with E-state index in [-0.39, 0.29) is 24.8 Å². The van der Waals surface area contributed by atoms with Crippen molar-refractivity contribution >= 4 is 41.4 Å². The molecule has 2 rings (SSSR count). The lowest BCUT2D eigenvalue weighted by Crippen LogP contribution is -2.38. The zero-order valence-corrected chi connectivity index (χ0v) is 20.5. The zero-order chi connectivity index (χ0) is 19.8. The number of fused-ring (bicyclic) bond motifs is 1. The lowest BCUT2D eigenvalue weighted by Gasteiger charge is -2.31. The molecule has 6 heteroatoms. The normalized spacial score (nSPS) is 11.9. The Morgan fingerprint density at radius 1 is 1.10 bits per heavy atom. The maximum atomic E-state index is 5.47. The highest BCUT2D eigenvalue weighted by molar-refractivity contribution is 5.93. The fourth-order valence-corrected chi connectivity index (χ4v) is 3.93. The number of pyridine rings is 1. The largest absolute Gasteiger partial charge is 0.497 e. The maximum Gasteiger partial charge on any atom is 0.121 e. The summed E-state index contributed by atoms with van der Waals surface area (Å²) in [6.45, 7) is 13.4. The third-order valence-electron chi connectivity index (χ3n) is 5.48. The van der Waals surface area contributed by atoms with E-state index in [0.29, 0.717) is 12.1 Å². The van der Waals surface area contributed by atoms with Crippen molar-refractivity contribution in [3.63, 3.8) is 0 Å². The molecule has 166 valence electrons. The molecule has 1 N–H and O–H groups in total. The number of halogens is 2. The first-order chi connectivity index (χ1) is 13.0. The monoisotopic (exact) mass is 443 g/mol. The Morgan fingerprint density at radius 2 is 1.83 bits per heavy atom. The van der Waals surface area contributed by atoms with Crippen molar-refractivity contribution < 1.29 is 4.74 Å². The fraction of sp³-hybridized carbons (Fsp3) is 0.609. The molecule has 0 saturated carbocycles. The van der Waals surface area contributed by atoms with Crippen LogP contribution in [0.25, 0.3) is 10.9 Å². The highest BCUT2D eigenvalue weighted by atomic mass is 35.5. The van der Waals surface area contributed by atoms with E-state index in [4.69, 9.17) is 4.74 Å². The quantitative estimate of drug-likeness (QED) is 0.402. The standard InChI is InChI=1S/C23H37N3O.2ClH/c1-7-26(17(2)3)19(5)11-9-8-10-13-24-22-16-20(27-6)15-21-18(4)12-14-25-23(21)22;;/h12,14-17,19,24H,7-11,13H2,1-6H3;2*1H. The summed E-state index contributed by atoms with van der Waals surface area (Å²) >= 11 is 0. The number of ether oxygens (including phenoxy) is 1. The second-order valence-electron chi connectivity index (χ2n) is 7.75. The Balaban J connectivity index is 0.00000392. The van der Waals surface area contributed by atoms with Crippen LogP contribution in [-0.4, -0.2) is 42.2 Å². The van der Waals surface area contributed by atoms with Gasteiger partial charge in [-0.2, -0.15) is 0 Å². The van der Waals surface area contributed by atoms with E-state index in [1.54, 1.807) is 7.11 Å². The molecule has 29 heavy (non-hydrogen) atoms. The number of anilines is 1. The summed E-state index contributed by atoms with van der Waals surface area (Å²) < 4.78 is 5.47. The second kappa shape index (κ2) is 13.9. The van der Waals surface area contributed by atoms with Crippen molar-refractivity contribution in [2.24, 2.45) is 0 Å². The van der Waals surface area contributed by atoms with Crippen molar-refractivity contribution in [3.05, 3.63) is 30.0 Å². The molecule has 0 radical (unpaired) electrons. The lowest BCUT2D eigenvalue weighted by molar-refractivity contribution is 0.163. The molecule has 1 heterocycles. The molecule has 0 saturated heterocycles. The van der Waals surface area contributed by atoms with Crippen molar-refractivity contribution in [1.29, 1.82) is 0 Å². The Labute approximate surface area is 189 Å². The molecule has 1 unspecified atom stereocenters. The van der Waals surface area contributed by atoms with Gasteiger partial charge in [0.15, 0.2) is 0 Å². The molecule has 1 aromatic heterocycles. The first kappa shape index (κ1) is 27.8. The fourth-order valence-electron chi connectivity index (χ4n) is 3.93. The van der Waals surface area contributed by atoms with Gasteiger partial charge >= 0.3 is 0 Å². The number of rotatable bonds is 11. The first-order valence-corrected chi connectivity index (χ1v) is 10.4. The third-order valence-corrected chi connectivity index (χ3v) is 5.48. The smallest absolute Gasteiger partial charge is 0.121 e. The van der Waals surface area contributed by atoms with Crippen LogP contribution in [0, 0.1) is 6.92 Å². The molecule has 0 aliphatic carbocycles. The van der Waals surface area contributed by atoms with Crippen molar-refractivity contribution in [2.45, 2.75) is 72.4 Å². The molecule has 4 nitrogen and oxygen atoms in total. The Kier molecular flexibility index (Phi) is 13.3. The third kappa shape index (κ3) is 7.84. The van der Waals surface area contributed by atoms with Gasteiger partial charge in [0.25, 0.3) is 0 Å². The lowest BCUT2D eigenvalue weighted by atomic mass is 10.1. The minimum atomic E-state index is 0. The number of nitrogens with zero attached hydrogens (tertiary/aromatic N) is 2. The molecule has 0 bridgehead atoms. The van der Waals surface area contributed by atoms with E-state index in [9.17, 15) is 0 Å². The molecule has 0 fully saturated rings. The van der Waals surface area contributed by atoms with E-state index in [1.165, 1.54) is 31.2 Å². The highest BCUT2D eigenvalue weighted by Crippen LogP contribution is 2.29. The number of aromatic nitrogens is 1. The van der Waals surface area contributed by atoms with Crippen LogP contribution in [0.15, 0.2) is 24.4 Å². The van der Waals surface area contributed by atoms with E-state index >= 15 is 0 Å². The van der Waals surface area contributed by atoms with Gasteiger partial charge < -0.3 is 10.1 Å². The van der Waals surface area contributed by atoms with Crippen molar-refractivity contribution in [2.75, 3.05) is 25.5 Å².